The molecule has 3 aromatic heterocycles. The molecule has 0 spiro atoms. The number of aromatic nitrogens is 6. The van der Waals surface area contributed by atoms with Gasteiger partial charge in [-0.05, 0) is 0 Å². The van der Waals surface area contributed by atoms with Crippen molar-refractivity contribution in [3.05, 3.63) is 30.2 Å². The molecule has 0 aliphatic carbocycles. The Morgan fingerprint density at radius 2 is 1.94 bits per heavy atom. The molecule has 0 amide bonds. The number of hydrogen-bond donors (Lipinski definition) is 1. The highest BCUT2D eigenvalue weighted by Gasteiger charge is 2.13. The lowest BCUT2D eigenvalue weighted by molar-refractivity contribution is 1.04. The topological polar surface area (TPSA) is 83.5 Å². The number of hydrogen-bond acceptors (Lipinski definition) is 6. The lowest BCUT2D eigenvalue weighted by atomic mass is 10.4. The number of nitrogens with one attached hydrogen (secondary N) is 1. The van der Waals surface area contributed by atoms with E-state index in [0.717, 1.165) is 5.52 Å². The molecule has 1 N–H and O–H groups in total. The van der Waals surface area contributed by atoms with Crippen molar-refractivity contribution in [2.75, 3.05) is 11.9 Å². The van der Waals surface area contributed by atoms with Crippen LogP contribution in [0.15, 0.2) is 25.0 Å². The highest BCUT2D eigenvalue weighted by Crippen LogP contribution is 2.25. The average Bonchev–Trinajstić information content (AvgIpc) is 2.86. The van der Waals surface area contributed by atoms with Gasteiger partial charge in [0.2, 0.25) is 0 Å². The molecule has 3 aromatic rings. The third kappa shape index (κ3) is 1.74. The summed E-state index contributed by atoms with van der Waals surface area (Å²) in [6.45, 7) is 0. The fourth-order valence-electron chi connectivity index (χ4n) is 1.62. The van der Waals surface area contributed by atoms with Crippen molar-refractivity contribution in [2.24, 2.45) is 0 Å². The zero-order valence-corrected chi connectivity index (χ0v) is 10.1. The highest BCUT2D eigenvalue weighted by atomic mass is 35.5. The minimum atomic E-state index is 0.377. The fraction of sp³-hybridized carbons (Fsp3) is 0.100. The molecule has 8 heteroatoms. The molecule has 0 saturated carbocycles. The van der Waals surface area contributed by atoms with Gasteiger partial charge in [-0.25, -0.2) is 24.9 Å². The van der Waals surface area contributed by atoms with E-state index < -0.39 is 0 Å². The van der Waals surface area contributed by atoms with Crippen LogP contribution in [-0.2, 0) is 0 Å². The minimum absolute atomic E-state index is 0.377. The average molecular weight is 262 g/mol. The van der Waals surface area contributed by atoms with Crippen molar-refractivity contribution in [3.8, 4) is 0 Å². The Morgan fingerprint density at radius 3 is 2.78 bits per heavy atom. The monoisotopic (exact) mass is 261 g/mol. The molecule has 0 radical (unpaired) electrons. The van der Waals surface area contributed by atoms with Gasteiger partial charge in [0.1, 0.15) is 29.1 Å². The van der Waals surface area contributed by atoms with Crippen LogP contribution in [0.2, 0.25) is 5.15 Å². The third-order valence-electron chi connectivity index (χ3n) is 2.48. The van der Waals surface area contributed by atoms with E-state index in [4.69, 9.17) is 11.6 Å². The summed E-state index contributed by atoms with van der Waals surface area (Å²) in [4.78, 5) is 25.1. The zero-order chi connectivity index (χ0) is 12.5. The van der Waals surface area contributed by atoms with Gasteiger partial charge in [0.25, 0.3) is 0 Å². The smallest absolute Gasteiger partial charge is 0.182 e. The largest absolute Gasteiger partial charge is 0.340 e. The Kier molecular flexibility index (Phi) is 2.52. The van der Waals surface area contributed by atoms with Crippen molar-refractivity contribution in [3.63, 3.8) is 0 Å². The maximum atomic E-state index is 5.84. The Morgan fingerprint density at radius 1 is 1.11 bits per heavy atom. The highest BCUT2D eigenvalue weighted by molar-refractivity contribution is 6.29. The molecule has 3 heterocycles. The molecular weight excluding hydrogens is 254 g/mol. The van der Waals surface area contributed by atoms with E-state index in [9.17, 15) is 0 Å². The summed E-state index contributed by atoms with van der Waals surface area (Å²) < 4.78 is 0. The Balaban J connectivity index is 2.12. The number of fused-ring (bicyclic) bond motifs is 1. The quantitative estimate of drug-likeness (QED) is 0.705. The van der Waals surface area contributed by atoms with Crippen LogP contribution >= 0.6 is 11.6 Å². The van der Waals surface area contributed by atoms with E-state index in [2.05, 4.69) is 29.9 Å². The van der Waals surface area contributed by atoms with Crippen molar-refractivity contribution >= 4 is 34.4 Å². The van der Waals surface area contributed by atoms with Crippen LogP contribution in [0.1, 0.15) is 0 Å². The second-order valence-electron chi connectivity index (χ2n) is 3.56. The van der Waals surface area contributed by atoms with Crippen molar-refractivity contribution in [1.82, 2.24) is 29.9 Å². The van der Waals surface area contributed by atoms with E-state index in [1.807, 2.05) is 7.05 Å². The van der Waals surface area contributed by atoms with Gasteiger partial charge in [0, 0.05) is 13.1 Å². The molecule has 18 heavy (non-hydrogen) atoms. The predicted molar refractivity (Wildman–Crippen MR) is 66.8 cm³/mol. The first-order valence-electron chi connectivity index (χ1n) is 5.11. The third-order valence-corrected chi connectivity index (χ3v) is 2.69. The van der Waals surface area contributed by atoms with Gasteiger partial charge >= 0.3 is 0 Å². The van der Waals surface area contributed by atoms with Gasteiger partial charge in [-0.15, -0.1) is 0 Å². The normalized spacial score (nSPS) is 10.8. The molecule has 0 fully saturated rings. The molecule has 0 atom stereocenters. The Hall–Kier alpha value is -2.28. The van der Waals surface area contributed by atoms with Crippen molar-refractivity contribution < 1.29 is 0 Å². The van der Waals surface area contributed by atoms with E-state index in [1.54, 1.807) is 17.3 Å². The molecule has 0 saturated heterocycles. The van der Waals surface area contributed by atoms with E-state index >= 15 is 0 Å². The van der Waals surface area contributed by atoms with Crippen molar-refractivity contribution in [1.29, 1.82) is 0 Å². The van der Waals surface area contributed by atoms with Gasteiger partial charge in [0.05, 0.1) is 6.33 Å². The number of halogens is 1. The van der Waals surface area contributed by atoms with Gasteiger partial charge in [-0.2, -0.15) is 0 Å². The fourth-order valence-corrected chi connectivity index (χ4v) is 1.76. The number of aromatic amines is 1. The maximum absolute atomic E-state index is 5.84. The summed E-state index contributed by atoms with van der Waals surface area (Å²) in [6.07, 6.45) is 4.43. The number of rotatable bonds is 2. The van der Waals surface area contributed by atoms with Crippen LogP contribution < -0.4 is 4.90 Å². The Bertz CT molecular complexity index is 695. The molecule has 90 valence electrons. The predicted octanol–water partition coefficient (Wildman–Crippen LogP) is 1.56. The first-order valence-corrected chi connectivity index (χ1v) is 5.49. The zero-order valence-electron chi connectivity index (χ0n) is 9.37. The number of imidazole rings is 1. The molecule has 0 unspecified atom stereocenters. The summed E-state index contributed by atoms with van der Waals surface area (Å²) in [5.41, 5.74) is 1.35. The van der Waals surface area contributed by atoms with Gasteiger partial charge in [-0.1, -0.05) is 11.6 Å². The number of H-pyrrole nitrogens is 1. The molecule has 7 nitrogen and oxygen atoms in total. The second-order valence-corrected chi connectivity index (χ2v) is 3.94. The van der Waals surface area contributed by atoms with E-state index in [0.29, 0.717) is 22.4 Å². The van der Waals surface area contributed by atoms with Crippen LogP contribution in [0.4, 0.5) is 11.6 Å². The summed E-state index contributed by atoms with van der Waals surface area (Å²) in [7, 11) is 1.83. The molecular formula is C10H8ClN7. The van der Waals surface area contributed by atoms with Crippen LogP contribution in [0.3, 0.4) is 0 Å². The first-order chi connectivity index (χ1) is 8.75. The van der Waals surface area contributed by atoms with E-state index in [1.165, 1.54) is 12.7 Å². The summed E-state index contributed by atoms with van der Waals surface area (Å²) in [6, 6.07) is 1.66. The minimum Gasteiger partial charge on any atom is -0.340 e. The molecule has 0 aliphatic heterocycles. The molecule has 0 bridgehead atoms. The van der Waals surface area contributed by atoms with Crippen LogP contribution in [0.5, 0.6) is 0 Å². The van der Waals surface area contributed by atoms with Gasteiger partial charge in [0.15, 0.2) is 11.5 Å². The standard InChI is InChI=1S/C10H8ClN7/c1-18(7-2-6(11)12-3-13-7)10-8-9(15-4-14-8)16-5-17-10/h2-5H,1H3,(H,14,15,16,17). The van der Waals surface area contributed by atoms with Gasteiger partial charge < -0.3 is 9.88 Å². The van der Waals surface area contributed by atoms with Crippen LogP contribution in [-0.4, -0.2) is 37.0 Å². The van der Waals surface area contributed by atoms with Crippen LogP contribution in [0, 0.1) is 0 Å². The summed E-state index contributed by atoms with van der Waals surface area (Å²) >= 11 is 5.84. The maximum Gasteiger partial charge on any atom is 0.182 e. The van der Waals surface area contributed by atoms with Gasteiger partial charge in [-0.3, -0.25) is 0 Å². The SMILES string of the molecule is CN(c1cc(Cl)ncn1)c1ncnc2nc[nH]c12. The summed E-state index contributed by atoms with van der Waals surface area (Å²) in [5.74, 6) is 1.32. The lowest BCUT2D eigenvalue weighted by Gasteiger charge is -2.16. The molecule has 3 rings (SSSR count). The Labute approximate surface area is 107 Å². The second kappa shape index (κ2) is 4.19. The lowest BCUT2D eigenvalue weighted by Crippen LogP contribution is -2.13. The van der Waals surface area contributed by atoms with Crippen LogP contribution in [0.25, 0.3) is 11.2 Å². The van der Waals surface area contributed by atoms with Crippen molar-refractivity contribution in [2.45, 2.75) is 0 Å². The molecule has 0 aromatic carbocycles. The first kappa shape index (κ1) is 10.8. The number of anilines is 2. The van der Waals surface area contributed by atoms with E-state index in [-0.39, 0.29) is 0 Å². The molecule has 0 aliphatic rings. The summed E-state index contributed by atoms with van der Waals surface area (Å²) in [5, 5.41) is 0.377. The number of nitrogens with zero attached hydrogens (tertiary/aromatic N) is 6.